The molecule has 1 saturated heterocycles. The molecule has 1 aliphatic carbocycles. The molecule has 2 fully saturated rings. The van der Waals surface area contributed by atoms with Crippen molar-refractivity contribution in [1.29, 1.82) is 0 Å². The molecule has 1 N–H and O–H groups in total. The number of imide groups is 1. The molecule has 1 saturated carbocycles. The molecular formula is C24H26ClN3O3. The van der Waals surface area contributed by atoms with E-state index >= 15 is 0 Å². The van der Waals surface area contributed by atoms with Crippen LogP contribution in [0.4, 0.5) is 16.2 Å². The van der Waals surface area contributed by atoms with Crippen LogP contribution in [0.15, 0.2) is 42.5 Å². The zero-order valence-corrected chi connectivity index (χ0v) is 18.5. The summed E-state index contributed by atoms with van der Waals surface area (Å²) in [6.45, 7) is 3.47. The van der Waals surface area contributed by atoms with E-state index in [-0.39, 0.29) is 12.5 Å². The van der Waals surface area contributed by atoms with Gasteiger partial charge in [-0.15, -0.1) is 0 Å². The van der Waals surface area contributed by atoms with Gasteiger partial charge in [-0.3, -0.25) is 19.4 Å². The van der Waals surface area contributed by atoms with Crippen LogP contribution < -0.4 is 10.2 Å². The first kappa shape index (κ1) is 21.4. The van der Waals surface area contributed by atoms with Crippen LogP contribution >= 0.6 is 11.6 Å². The number of carbonyl (C=O) groups excluding carboxylic acids is 3. The lowest BCUT2D eigenvalue weighted by molar-refractivity contribution is -0.134. The molecule has 2 aromatic rings. The van der Waals surface area contributed by atoms with E-state index in [0.29, 0.717) is 29.2 Å². The number of nitrogens with zero attached hydrogens (tertiary/aromatic N) is 2. The Labute approximate surface area is 187 Å². The fraction of sp³-hybridized carbons (Fsp3) is 0.375. The summed E-state index contributed by atoms with van der Waals surface area (Å²) in [5.74, 6) is -0.738. The molecule has 1 aliphatic heterocycles. The Morgan fingerprint density at radius 1 is 1.03 bits per heavy atom. The fourth-order valence-corrected chi connectivity index (χ4v) is 4.88. The van der Waals surface area contributed by atoms with Gasteiger partial charge < -0.3 is 5.32 Å². The fourth-order valence-electron chi connectivity index (χ4n) is 4.62. The Morgan fingerprint density at radius 3 is 2.35 bits per heavy atom. The molecule has 0 aromatic heterocycles. The van der Waals surface area contributed by atoms with Gasteiger partial charge in [0, 0.05) is 5.69 Å². The van der Waals surface area contributed by atoms with E-state index < -0.39 is 17.5 Å². The van der Waals surface area contributed by atoms with E-state index in [1.54, 1.807) is 17.0 Å². The number of hydrogen-bond acceptors (Lipinski definition) is 3. The minimum atomic E-state index is -0.912. The lowest BCUT2D eigenvalue weighted by Gasteiger charge is -2.38. The first-order valence-electron chi connectivity index (χ1n) is 10.6. The van der Waals surface area contributed by atoms with Crippen LogP contribution in [-0.4, -0.2) is 34.8 Å². The largest absolute Gasteiger partial charge is 0.332 e. The second kappa shape index (κ2) is 8.35. The van der Waals surface area contributed by atoms with Crippen molar-refractivity contribution in [1.82, 2.24) is 4.90 Å². The third kappa shape index (κ3) is 3.81. The van der Waals surface area contributed by atoms with Gasteiger partial charge in [0.1, 0.15) is 12.1 Å². The summed E-state index contributed by atoms with van der Waals surface area (Å²) in [7, 11) is 0. The number of para-hydroxylation sites is 1. The first-order valence-corrected chi connectivity index (χ1v) is 11.0. The minimum Gasteiger partial charge on any atom is -0.323 e. The SMILES string of the molecule is Cc1ccc(N2C(=O)N(CC(=O)Nc3c(C)cccc3Cl)C(=O)C23CCCCC3)cc1. The predicted octanol–water partition coefficient (Wildman–Crippen LogP) is 5.07. The van der Waals surface area contributed by atoms with Crippen LogP contribution in [0.1, 0.15) is 43.2 Å². The van der Waals surface area contributed by atoms with E-state index in [9.17, 15) is 14.4 Å². The van der Waals surface area contributed by atoms with Gasteiger partial charge in [0.2, 0.25) is 5.91 Å². The Morgan fingerprint density at radius 2 is 1.71 bits per heavy atom. The molecular weight excluding hydrogens is 414 g/mol. The van der Waals surface area contributed by atoms with E-state index in [0.717, 1.165) is 35.3 Å². The lowest BCUT2D eigenvalue weighted by Crippen LogP contribution is -2.51. The van der Waals surface area contributed by atoms with Crippen molar-refractivity contribution in [3.05, 3.63) is 58.6 Å². The van der Waals surface area contributed by atoms with E-state index in [2.05, 4.69) is 5.32 Å². The van der Waals surface area contributed by atoms with Gasteiger partial charge in [0.25, 0.3) is 5.91 Å². The molecule has 1 spiro atoms. The number of anilines is 2. The number of carbonyl (C=O) groups is 3. The molecule has 6 nitrogen and oxygen atoms in total. The van der Waals surface area contributed by atoms with Crippen molar-refractivity contribution in [2.45, 2.75) is 51.5 Å². The number of halogens is 1. The number of urea groups is 1. The number of rotatable bonds is 4. The highest BCUT2D eigenvalue weighted by molar-refractivity contribution is 6.34. The van der Waals surface area contributed by atoms with Crippen LogP contribution in [0.2, 0.25) is 5.02 Å². The molecule has 1 heterocycles. The quantitative estimate of drug-likeness (QED) is 0.676. The van der Waals surface area contributed by atoms with Crippen molar-refractivity contribution in [3.8, 4) is 0 Å². The summed E-state index contributed by atoms with van der Waals surface area (Å²) >= 11 is 6.21. The highest BCUT2D eigenvalue weighted by Crippen LogP contribution is 2.43. The topological polar surface area (TPSA) is 69.7 Å². The van der Waals surface area contributed by atoms with Gasteiger partial charge in [0.05, 0.1) is 10.7 Å². The lowest BCUT2D eigenvalue weighted by atomic mass is 9.80. The first-order chi connectivity index (χ1) is 14.8. The van der Waals surface area contributed by atoms with Crippen LogP contribution in [0.5, 0.6) is 0 Å². The molecule has 2 aliphatic rings. The predicted molar refractivity (Wildman–Crippen MR) is 121 cm³/mol. The van der Waals surface area contributed by atoms with Gasteiger partial charge in [0.15, 0.2) is 0 Å². The van der Waals surface area contributed by atoms with Gasteiger partial charge in [-0.05, 0) is 50.5 Å². The molecule has 4 amide bonds. The molecule has 162 valence electrons. The maximum atomic E-state index is 13.5. The summed E-state index contributed by atoms with van der Waals surface area (Å²) in [5, 5.41) is 3.18. The molecule has 0 radical (unpaired) electrons. The van der Waals surface area contributed by atoms with Crippen molar-refractivity contribution >= 4 is 40.8 Å². The second-order valence-electron chi connectivity index (χ2n) is 8.42. The highest BCUT2D eigenvalue weighted by Gasteiger charge is 2.58. The minimum absolute atomic E-state index is 0.288. The summed E-state index contributed by atoms with van der Waals surface area (Å²) < 4.78 is 0. The normalized spacial score (nSPS) is 18.0. The highest BCUT2D eigenvalue weighted by atomic mass is 35.5. The van der Waals surface area contributed by atoms with Crippen LogP contribution in [0.3, 0.4) is 0 Å². The Bertz CT molecular complexity index is 1010. The second-order valence-corrected chi connectivity index (χ2v) is 8.82. The third-order valence-corrected chi connectivity index (χ3v) is 6.57. The average molecular weight is 440 g/mol. The smallest absolute Gasteiger partial charge is 0.323 e. The van der Waals surface area contributed by atoms with Crippen LogP contribution in [-0.2, 0) is 9.59 Å². The molecule has 2 aromatic carbocycles. The molecule has 4 rings (SSSR count). The zero-order chi connectivity index (χ0) is 22.2. The third-order valence-electron chi connectivity index (χ3n) is 6.25. The number of benzene rings is 2. The number of hydrogen-bond donors (Lipinski definition) is 1. The van der Waals surface area contributed by atoms with E-state index in [1.807, 2.05) is 44.2 Å². The van der Waals surface area contributed by atoms with Crippen LogP contribution in [0.25, 0.3) is 0 Å². The Kier molecular flexibility index (Phi) is 5.75. The Balaban J connectivity index is 1.62. The molecule has 7 heteroatoms. The number of amides is 4. The standard InChI is InChI=1S/C24H26ClN3O3/c1-16-9-11-18(12-10-16)28-23(31)27(22(30)24(28)13-4-3-5-14-24)15-20(29)26-21-17(2)7-6-8-19(21)25/h6-12H,3-5,13-15H2,1-2H3,(H,26,29). The van der Waals surface area contributed by atoms with Crippen molar-refractivity contribution in [2.75, 3.05) is 16.8 Å². The molecule has 0 unspecified atom stereocenters. The van der Waals surface area contributed by atoms with Gasteiger partial charge in [-0.25, -0.2) is 4.79 Å². The Hall–Kier alpha value is -2.86. The van der Waals surface area contributed by atoms with E-state index in [4.69, 9.17) is 11.6 Å². The molecule has 0 atom stereocenters. The number of nitrogens with one attached hydrogen (secondary N) is 1. The van der Waals surface area contributed by atoms with Gasteiger partial charge >= 0.3 is 6.03 Å². The summed E-state index contributed by atoms with van der Waals surface area (Å²) in [6.07, 6.45) is 4.00. The zero-order valence-electron chi connectivity index (χ0n) is 17.8. The van der Waals surface area contributed by atoms with Crippen molar-refractivity contribution in [3.63, 3.8) is 0 Å². The number of aryl methyl sites for hydroxylation is 2. The summed E-state index contributed by atoms with van der Waals surface area (Å²) in [4.78, 5) is 42.4. The van der Waals surface area contributed by atoms with Gasteiger partial charge in [-0.1, -0.05) is 60.7 Å². The maximum absolute atomic E-state index is 13.5. The maximum Gasteiger partial charge on any atom is 0.332 e. The average Bonchev–Trinajstić information content (AvgIpc) is 2.93. The monoisotopic (exact) mass is 439 g/mol. The van der Waals surface area contributed by atoms with Gasteiger partial charge in [-0.2, -0.15) is 0 Å². The van der Waals surface area contributed by atoms with E-state index in [1.165, 1.54) is 0 Å². The molecule has 31 heavy (non-hydrogen) atoms. The van der Waals surface area contributed by atoms with Crippen molar-refractivity contribution in [2.24, 2.45) is 0 Å². The van der Waals surface area contributed by atoms with Crippen molar-refractivity contribution < 1.29 is 14.4 Å². The summed E-state index contributed by atoms with van der Waals surface area (Å²) in [6, 6.07) is 12.5. The molecule has 0 bridgehead atoms. The van der Waals surface area contributed by atoms with Crippen LogP contribution in [0, 0.1) is 13.8 Å². The summed E-state index contributed by atoms with van der Waals surface area (Å²) in [5.41, 5.74) is 2.16.